The third-order valence-corrected chi connectivity index (χ3v) is 3.94. The lowest BCUT2D eigenvalue weighted by molar-refractivity contribution is 0.0146. The van der Waals surface area contributed by atoms with Gasteiger partial charge >= 0.3 is 12.1 Å². The summed E-state index contributed by atoms with van der Waals surface area (Å²) in [7, 11) is 0. The van der Waals surface area contributed by atoms with Gasteiger partial charge in [-0.25, -0.2) is 9.59 Å². The van der Waals surface area contributed by atoms with Crippen molar-refractivity contribution < 1.29 is 19.4 Å². The number of aromatic carboxylic acids is 1. The van der Waals surface area contributed by atoms with Gasteiger partial charge in [-0.3, -0.25) is 4.90 Å². The standard InChI is InChI=1S/C18H26N2O4/c1-18(2,3)24-17(23)20-12-10-19(11-13-20)9-8-14-4-6-15(7-5-14)16(21)22/h4-7H,8-13H2,1-3H3,(H,21,22). The van der Waals surface area contributed by atoms with E-state index in [1.54, 1.807) is 17.0 Å². The van der Waals surface area contributed by atoms with E-state index in [1.165, 1.54) is 0 Å². The van der Waals surface area contributed by atoms with Crippen LogP contribution in [0.15, 0.2) is 24.3 Å². The number of carboxylic acid groups (broad SMARTS) is 1. The minimum absolute atomic E-state index is 0.244. The van der Waals surface area contributed by atoms with Crippen molar-refractivity contribution in [2.24, 2.45) is 0 Å². The predicted molar refractivity (Wildman–Crippen MR) is 91.4 cm³/mol. The Labute approximate surface area is 143 Å². The van der Waals surface area contributed by atoms with Crippen molar-refractivity contribution in [2.45, 2.75) is 32.8 Å². The van der Waals surface area contributed by atoms with Crippen LogP contribution in [0.1, 0.15) is 36.7 Å². The number of carbonyl (C=O) groups excluding carboxylic acids is 1. The number of benzene rings is 1. The molecule has 0 saturated carbocycles. The highest BCUT2D eigenvalue weighted by Crippen LogP contribution is 2.12. The molecule has 1 heterocycles. The van der Waals surface area contributed by atoms with E-state index >= 15 is 0 Å². The Morgan fingerprint density at radius 3 is 2.17 bits per heavy atom. The number of hydrogen-bond acceptors (Lipinski definition) is 4. The molecule has 1 aliphatic rings. The molecule has 1 aliphatic heterocycles. The van der Waals surface area contributed by atoms with Crippen molar-refractivity contribution in [3.8, 4) is 0 Å². The van der Waals surface area contributed by atoms with Gasteiger partial charge in [0, 0.05) is 32.7 Å². The minimum Gasteiger partial charge on any atom is -0.478 e. The molecule has 0 atom stereocenters. The second kappa shape index (κ2) is 7.66. The number of carboxylic acids is 1. The average molecular weight is 334 g/mol. The van der Waals surface area contributed by atoms with Gasteiger partial charge in [-0.05, 0) is 44.9 Å². The van der Waals surface area contributed by atoms with Gasteiger partial charge in [-0.1, -0.05) is 12.1 Å². The van der Waals surface area contributed by atoms with Crippen LogP contribution in [-0.2, 0) is 11.2 Å². The molecular formula is C18H26N2O4. The highest BCUT2D eigenvalue weighted by atomic mass is 16.6. The maximum absolute atomic E-state index is 12.0. The predicted octanol–water partition coefficient (Wildman–Crippen LogP) is 2.48. The van der Waals surface area contributed by atoms with Gasteiger partial charge in [0.05, 0.1) is 5.56 Å². The summed E-state index contributed by atoms with van der Waals surface area (Å²) >= 11 is 0. The smallest absolute Gasteiger partial charge is 0.410 e. The zero-order valence-electron chi connectivity index (χ0n) is 14.6. The monoisotopic (exact) mass is 334 g/mol. The number of hydrogen-bond donors (Lipinski definition) is 1. The molecule has 0 aromatic heterocycles. The fraction of sp³-hybridized carbons (Fsp3) is 0.556. The van der Waals surface area contributed by atoms with Gasteiger partial charge in [0.15, 0.2) is 0 Å². The first kappa shape index (κ1) is 18.3. The summed E-state index contributed by atoms with van der Waals surface area (Å²) < 4.78 is 5.39. The Balaban J connectivity index is 1.75. The molecule has 1 saturated heterocycles. The van der Waals surface area contributed by atoms with E-state index in [0.29, 0.717) is 18.7 Å². The zero-order chi connectivity index (χ0) is 17.7. The first-order valence-corrected chi connectivity index (χ1v) is 8.27. The van der Waals surface area contributed by atoms with E-state index in [2.05, 4.69) is 4.90 Å². The number of rotatable bonds is 4. The summed E-state index contributed by atoms with van der Waals surface area (Å²) in [4.78, 5) is 26.9. The maximum atomic E-state index is 12.0. The van der Waals surface area contributed by atoms with Gasteiger partial charge in [0.2, 0.25) is 0 Å². The van der Waals surface area contributed by atoms with E-state index in [-0.39, 0.29) is 6.09 Å². The van der Waals surface area contributed by atoms with E-state index in [0.717, 1.165) is 31.6 Å². The Morgan fingerprint density at radius 1 is 1.08 bits per heavy atom. The largest absolute Gasteiger partial charge is 0.478 e. The molecule has 0 unspecified atom stereocenters. The SMILES string of the molecule is CC(C)(C)OC(=O)N1CCN(CCc2ccc(C(=O)O)cc2)CC1. The molecule has 1 N–H and O–H groups in total. The Bertz CT molecular complexity index is 570. The summed E-state index contributed by atoms with van der Waals surface area (Å²) in [5.41, 5.74) is 0.968. The molecule has 2 rings (SSSR count). The fourth-order valence-corrected chi connectivity index (χ4v) is 2.58. The zero-order valence-corrected chi connectivity index (χ0v) is 14.6. The summed E-state index contributed by atoms with van der Waals surface area (Å²) in [5.74, 6) is -0.903. The number of carbonyl (C=O) groups is 2. The lowest BCUT2D eigenvalue weighted by Gasteiger charge is -2.35. The maximum Gasteiger partial charge on any atom is 0.410 e. The molecule has 1 amide bonds. The van der Waals surface area contributed by atoms with Crippen molar-refractivity contribution in [3.63, 3.8) is 0 Å². The van der Waals surface area contributed by atoms with Crippen LogP contribution in [0.5, 0.6) is 0 Å². The molecule has 1 fully saturated rings. The molecule has 132 valence electrons. The van der Waals surface area contributed by atoms with Gasteiger partial charge in [0.1, 0.15) is 5.60 Å². The van der Waals surface area contributed by atoms with Crippen LogP contribution in [0, 0.1) is 0 Å². The molecule has 0 bridgehead atoms. The molecule has 1 aromatic rings. The summed E-state index contributed by atoms with van der Waals surface area (Å²) in [6.45, 7) is 9.51. The van der Waals surface area contributed by atoms with Gasteiger partial charge in [-0.15, -0.1) is 0 Å². The van der Waals surface area contributed by atoms with Gasteiger partial charge in [0.25, 0.3) is 0 Å². The van der Waals surface area contributed by atoms with E-state index in [9.17, 15) is 9.59 Å². The van der Waals surface area contributed by atoms with E-state index in [1.807, 2.05) is 32.9 Å². The van der Waals surface area contributed by atoms with Crippen LogP contribution in [-0.4, -0.2) is 65.3 Å². The Hall–Kier alpha value is -2.08. The quantitative estimate of drug-likeness (QED) is 0.916. The molecule has 0 spiro atoms. The number of nitrogens with zero attached hydrogens (tertiary/aromatic N) is 2. The highest BCUT2D eigenvalue weighted by molar-refractivity contribution is 5.87. The van der Waals surface area contributed by atoms with Crippen molar-refractivity contribution >= 4 is 12.1 Å². The van der Waals surface area contributed by atoms with Crippen molar-refractivity contribution in [1.29, 1.82) is 0 Å². The van der Waals surface area contributed by atoms with Crippen LogP contribution in [0.4, 0.5) is 4.79 Å². The summed E-state index contributed by atoms with van der Waals surface area (Å²) in [5, 5.41) is 8.90. The van der Waals surface area contributed by atoms with Crippen LogP contribution >= 0.6 is 0 Å². The van der Waals surface area contributed by atoms with Gasteiger partial charge in [-0.2, -0.15) is 0 Å². The molecule has 1 aromatic carbocycles. The minimum atomic E-state index is -0.903. The summed E-state index contributed by atoms with van der Waals surface area (Å²) in [6.07, 6.45) is 0.623. The highest BCUT2D eigenvalue weighted by Gasteiger charge is 2.25. The van der Waals surface area contributed by atoms with Crippen molar-refractivity contribution in [3.05, 3.63) is 35.4 Å². The lowest BCUT2D eigenvalue weighted by atomic mass is 10.1. The Kier molecular flexibility index (Phi) is 5.83. The van der Waals surface area contributed by atoms with Crippen LogP contribution in [0.25, 0.3) is 0 Å². The van der Waals surface area contributed by atoms with Crippen LogP contribution < -0.4 is 0 Å². The molecule has 6 heteroatoms. The second-order valence-corrected chi connectivity index (χ2v) is 7.06. The molecule has 0 aliphatic carbocycles. The third kappa shape index (κ3) is 5.53. The number of amides is 1. The summed E-state index contributed by atoms with van der Waals surface area (Å²) in [6, 6.07) is 7.00. The molecule has 0 radical (unpaired) electrons. The molecule has 6 nitrogen and oxygen atoms in total. The normalized spacial score (nSPS) is 16.0. The van der Waals surface area contributed by atoms with E-state index < -0.39 is 11.6 Å². The molecule has 24 heavy (non-hydrogen) atoms. The Morgan fingerprint density at radius 2 is 1.67 bits per heavy atom. The fourth-order valence-electron chi connectivity index (χ4n) is 2.58. The van der Waals surface area contributed by atoms with Crippen molar-refractivity contribution in [2.75, 3.05) is 32.7 Å². The van der Waals surface area contributed by atoms with Gasteiger partial charge < -0.3 is 14.7 Å². The number of ether oxygens (including phenoxy) is 1. The van der Waals surface area contributed by atoms with Crippen LogP contribution in [0.3, 0.4) is 0 Å². The van der Waals surface area contributed by atoms with Crippen molar-refractivity contribution in [1.82, 2.24) is 9.80 Å². The van der Waals surface area contributed by atoms with E-state index in [4.69, 9.17) is 9.84 Å². The first-order chi connectivity index (χ1) is 11.2. The topological polar surface area (TPSA) is 70.1 Å². The van der Waals surface area contributed by atoms with Crippen LogP contribution in [0.2, 0.25) is 0 Å². The third-order valence-electron chi connectivity index (χ3n) is 3.94. The second-order valence-electron chi connectivity index (χ2n) is 7.06. The molecular weight excluding hydrogens is 308 g/mol. The number of piperazine rings is 1. The average Bonchev–Trinajstić information content (AvgIpc) is 2.52. The first-order valence-electron chi connectivity index (χ1n) is 8.27. The lowest BCUT2D eigenvalue weighted by Crippen LogP contribution is -2.50.